The number of alkyl halides is 3. The summed E-state index contributed by atoms with van der Waals surface area (Å²) in [6.07, 6.45) is -3.29. The largest absolute Gasteiger partial charge is 0.573 e. The second kappa shape index (κ2) is 5.45. The summed E-state index contributed by atoms with van der Waals surface area (Å²) in [6.45, 7) is 0.228. The highest BCUT2D eigenvalue weighted by molar-refractivity contribution is 7.17. The quantitative estimate of drug-likeness (QED) is 0.741. The van der Waals surface area contributed by atoms with E-state index in [1.54, 1.807) is 11.4 Å². The molecule has 4 nitrogen and oxygen atoms in total. The van der Waals surface area contributed by atoms with Crippen molar-refractivity contribution in [3.63, 3.8) is 0 Å². The number of halogens is 3. The number of thiophene rings is 1. The number of aromatic nitrogens is 2. The summed E-state index contributed by atoms with van der Waals surface area (Å²) in [5.74, 6) is -0.296. The molecule has 0 amide bonds. The van der Waals surface area contributed by atoms with E-state index < -0.39 is 6.36 Å². The molecule has 0 radical (unpaired) electrons. The van der Waals surface area contributed by atoms with Gasteiger partial charge in [0, 0.05) is 0 Å². The van der Waals surface area contributed by atoms with Crippen LogP contribution in [0.15, 0.2) is 46.8 Å². The van der Waals surface area contributed by atoms with Gasteiger partial charge in [-0.3, -0.25) is 9.36 Å². The van der Waals surface area contributed by atoms with Crippen LogP contribution in [0.25, 0.3) is 10.2 Å². The Morgan fingerprint density at radius 3 is 2.59 bits per heavy atom. The minimum absolute atomic E-state index is 0.171. The summed E-state index contributed by atoms with van der Waals surface area (Å²) in [6, 6.07) is 7.14. The van der Waals surface area contributed by atoms with Crippen molar-refractivity contribution >= 4 is 21.6 Å². The summed E-state index contributed by atoms with van der Waals surface area (Å²) >= 11 is 1.31. The zero-order valence-corrected chi connectivity index (χ0v) is 11.8. The van der Waals surface area contributed by atoms with Crippen LogP contribution >= 0.6 is 11.3 Å². The van der Waals surface area contributed by atoms with Crippen molar-refractivity contribution in [1.82, 2.24) is 9.55 Å². The molecule has 3 rings (SSSR count). The van der Waals surface area contributed by atoms with E-state index in [0.717, 1.165) is 0 Å². The van der Waals surface area contributed by atoms with Gasteiger partial charge in [0.25, 0.3) is 5.56 Å². The summed E-state index contributed by atoms with van der Waals surface area (Å²) in [5.41, 5.74) is 1.14. The molecule has 8 heteroatoms. The van der Waals surface area contributed by atoms with E-state index in [1.165, 1.54) is 46.5 Å². The molecule has 2 aromatic heterocycles. The highest BCUT2D eigenvalue weighted by atomic mass is 32.1. The van der Waals surface area contributed by atoms with Gasteiger partial charge in [-0.25, -0.2) is 4.98 Å². The highest BCUT2D eigenvalue weighted by Crippen LogP contribution is 2.23. The highest BCUT2D eigenvalue weighted by Gasteiger charge is 2.30. The van der Waals surface area contributed by atoms with Crippen LogP contribution in [0.4, 0.5) is 13.2 Å². The van der Waals surface area contributed by atoms with Crippen LogP contribution in [-0.2, 0) is 6.54 Å². The standard InChI is InChI=1S/C14H9F3N2O2S/c15-14(16,17)21-10-3-1-9(2-4-10)7-19-8-18-11-5-6-22-12(11)13(19)20/h1-6,8H,7H2. The second-order valence-corrected chi connectivity index (χ2v) is 5.42. The van der Waals surface area contributed by atoms with Gasteiger partial charge < -0.3 is 4.74 Å². The Morgan fingerprint density at radius 2 is 1.91 bits per heavy atom. The van der Waals surface area contributed by atoms with Gasteiger partial charge in [0.15, 0.2) is 0 Å². The van der Waals surface area contributed by atoms with E-state index in [-0.39, 0.29) is 17.9 Å². The third kappa shape index (κ3) is 3.11. The maximum atomic E-state index is 12.2. The van der Waals surface area contributed by atoms with E-state index in [9.17, 15) is 18.0 Å². The Kier molecular flexibility index (Phi) is 3.61. The Bertz CT molecular complexity index is 853. The van der Waals surface area contributed by atoms with Crippen LogP contribution in [0.1, 0.15) is 5.56 Å². The van der Waals surface area contributed by atoms with Gasteiger partial charge in [0.05, 0.1) is 18.4 Å². The average molecular weight is 326 g/mol. The minimum Gasteiger partial charge on any atom is -0.406 e. The second-order valence-electron chi connectivity index (χ2n) is 4.50. The number of rotatable bonds is 3. The van der Waals surface area contributed by atoms with Crippen LogP contribution in [0.2, 0.25) is 0 Å². The van der Waals surface area contributed by atoms with Gasteiger partial charge >= 0.3 is 6.36 Å². The van der Waals surface area contributed by atoms with E-state index in [4.69, 9.17) is 0 Å². The molecular weight excluding hydrogens is 317 g/mol. The topological polar surface area (TPSA) is 44.1 Å². The predicted molar refractivity (Wildman–Crippen MR) is 76.1 cm³/mol. The molecule has 0 unspecified atom stereocenters. The third-order valence-corrected chi connectivity index (χ3v) is 3.84. The Labute approximate surface area is 126 Å². The SMILES string of the molecule is O=c1c2sccc2ncn1Cc1ccc(OC(F)(F)F)cc1. The fourth-order valence-electron chi connectivity index (χ4n) is 1.98. The molecule has 2 heterocycles. The Morgan fingerprint density at radius 1 is 1.18 bits per heavy atom. The van der Waals surface area contributed by atoms with Crippen LogP contribution in [-0.4, -0.2) is 15.9 Å². The number of hydrogen-bond acceptors (Lipinski definition) is 4. The maximum absolute atomic E-state index is 12.2. The average Bonchev–Trinajstić information content (AvgIpc) is 2.92. The fourth-order valence-corrected chi connectivity index (χ4v) is 2.78. The van der Waals surface area contributed by atoms with Gasteiger partial charge in [-0.15, -0.1) is 24.5 Å². The zero-order chi connectivity index (χ0) is 15.7. The first kappa shape index (κ1) is 14.6. The van der Waals surface area contributed by atoms with Gasteiger partial charge in [-0.1, -0.05) is 12.1 Å². The number of hydrogen-bond donors (Lipinski definition) is 0. The molecule has 0 spiro atoms. The lowest BCUT2D eigenvalue weighted by Gasteiger charge is -2.10. The van der Waals surface area contributed by atoms with Gasteiger partial charge in [-0.05, 0) is 29.1 Å². The van der Waals surface area contributed by atoms with Crippen molar-refractivity contribution in [2.24, 2.45) is 0 Å². The van der Waals surface area contributed by atoms with Crippen molar-refractivity contribution in [3.05, 3.63) is 58.0 Å². The zero-order valence-electron chi connectivity index (χ0n) is 11.0. The smallest absolute Gasteiger partial charge is 0.406 e. The first-order valence-corrected chi connectivity index (χ1v) is 7.08. The monoisotopic (exact) mass is 326 g/mol. The van der Waals surface area contributed by atoms with Crippen molar-refractivity contribution in [2.75, 3.05) is 0 Å². The minimum atomic E-state index is -4.72. The molecular formula is C14H9F3N2O2S. The molecule has 0 aliphatic carbocycles. The normalized spacial score (nSPS) is 11.8. The van der Waals surface area contributed by atoms with Crippen LogP contribution in [0.5, 0.6) is 5.75 Å². The van der Waals surface area contributed by atoms with Gasteiger partial charge in [0.2, 0.25) is 0 Å². The molecule has 0 atom stereocenters. The lowest BCUT2D eigenvalue weighted by Crippen LogP contribution is -2.20. The number of benzene rings is 1. The summed E-state index contributed by atoms with van der Waals surface area (Å²) < 4.78 is 42.0. The van der Waals surface area contributed by atoms with E-state index in [0.29, 0.717) is 15.8 Å². The Hall–Kier alpha value is -2.35. The van der Waals surface area contributed by atoms with E-state index in [1.807, 2.05) is 0 Å². The Balaban J connectivity index is 1.83. The third-order valence-electron chi connectivity index (χ3n) is 2.95. The number of ether oxygens (including phenoxy) is 1. The fraction of sp³-hybridized carbons (Fsp3) is 0.143. The van der Waals surface area contributed by atoms with Gasteiger partial charge in [-0.2, -0.15) is 0 Å². The van der Waals surface area contributed by atoms with E-state index in [2.05, 4.69) is 9.72 Å². The molecule has 0 saturated carbocycles. The first-order chi connectivity index (χ1) is 10.4. The van der Waals surface area contributed by atoms with Crippen LogP contribution in [0.3, 0.4) is 0 Å². The molecule has 0 aliphatic heterocycles. The molecule has 1 aromatic carbocycles. The summed E-state index contributed by atoms with van der Waals surface area (Å²) in [7, 11) is 0. The molecule has 114 valence electrons. The molecule has 0 bridgehead atoms. The number of fused-ring (bicyclic) bond motifs is 1. The molecule has 22 heavy (non-hydrogen) atoms. The molecule has 0 saturated heterocycles. The molecule has 3 aromatic rings. The summed E-state index contributed by atoms with van der Waals surface area (Å²) in [5, 5.41) is 1.78. The van der Waals surface area contributed by atoms with Crippen molar-refractivity contribution in [2.45, 2.75) is 12.9 Å². The summed E-state index contributed by atoms with van der Waals surface area (Å²) in [4.78, 5) is 16.4. The lowest BCUT2D eigenvalue weighted by atomic mass is 10.2. The number of nitrogens with zero attached hydrogens (tertiary/aromatic N) is 2. The van der Waals surface area contributed by atoms with Crippen molar-refractivity contribution in [3.8, 4) is 5.75 Å². The van der Waals surface area contributed by atoms with Crippen LogP contribution in [0, 0.1) is 0 Å². The van der Waals surface area contributed by atoms with Crippen molar-refractivity contribution < 1.29 is 17.9 Å². The molecule has 0 aliphatic rings. The maximum Gasteiger partial charge on any atom is 0.573 e. The predicted octanol–water partition coefficient (Wildman–Crippen LogP) is 3.40. The van der Waals surface area contributed by atoms with Gasteiger partial charge in [0.1, 0.15) is 10.4 Å². The van der Waals surface area contributed by atoms with E-state index >= 15 is 0 Å². The van der Waals surface area contributed by atoms with Crippen molar-refractivity contribution in [1.29, 1.82) is 0 Å². The molecule has 0 fully saturated rings. The first-order valence-electron chi connectivity index (χ1n) is 6.20. The van der Waals surface area contributed by atoms with Crippen LogP contribution < -0.4 is 10.3 Å². The molecule has 0 N–H and O–H groups in total. The lowest BCUT2D eigenvalue weighted by molar-refractivity contribution is -0.274.